The SMILES string of the molecule is COC1=CCC=C(OC)C1(CC=C(C)C)CC1O[C@@]1(C)CCC=C(C)C. The molecule has 1 aliphatic carbocycles. The predicted molar refractivity (Wildman–Crippen MR) is 108 cm³/mol. The lowest BCUT2D eigenvalue weighted by atomic mass is 9.71. The Morgan fingerprint density at radius 1 is 1.08 bits per heavy atom. The first-order chi connectivity index (χ1) is 12.3. The van der Waals surface area contributed by atoms with E-state index in [2.05, 4.69) is 58.9 Å². The highest BCUT2D eigenvalue weighted by Gasteiger charge is 2.57. The van der Waals surface area contributed by atoms with Gasteiger partial charge >= 0.3 is 0 Å². The van der Waals surface area contributed by atoms with Crippen molar-refractivity contribution < 1.29 is 14.2 Å². The molecule has 2 atom stereocenters. The molecule has 0 N–H and O–H groups in total. The van der Waals surface area contributed by atoms with E-state index in [-0.39, 0.29) is 17.1 Å². The van der Waals surface area contributed by atoms with Crippen LogP contribution in [0.5, 0.6) is 0 Å². The summed E-state index contributed by atoms with van der Waals surface area (Å²) in [6, 6.07) is 0. The summed E-state index contributed by atoms with van der Waals surface area (Å²) in [5.41, 5.74) is 2.37. The number of hydrogen-bond donors (Lipinski definition) is 0. The van der Waals surface area contributed by atoms with Gasteiger partial charge in [-0.3, -0.25) is 0 Å². The molecule has 2 aliphatic rings. The number of methoxy groups -OCH3 is 2. The summed E-state index contributed by atoms with van der Waals surface area (Å²) in [5, 5.41) is 0. The molecule has 146 valence electrons. The minimum atomic E-state index is -0.266. The zero-order chi connectivity index (χ0) is 19.4. The molecular weight excluding hydrogens is 324 g/mol. The third-order valence-electron chi connectivity index (χ3n) is 5.61. The van der Waals surface area contributed by atoms with Crippen molar-refractivity contribution in [3.63, 3.8) is 0 Å². The first-order valence-corrected chi connectivity index (χ1v) is 9.71. The summed E-state index contributed by atoms with van der Waals surface area (Å²) < 4.78 is 17.8. The number of hydrogen-bond acceptors (Lipinski definition) is 3. The van der Waals surface area contributed by atoms with Crippen LogP contribution in [0.4, 0.5) is 0 Å². The molecule has 1 saturated heterocycles. The largest absolute Gasteiger partial charge is 0.500 e. The Morgan fingerprint density at radius 2 is 1.65 bits per heavy atom. The van der Waals surface area contributed by atoms with E-state index in [0.717, 1.165) is 43.6 Å². The molecule has 0 aromatic heterocycles. The van der Waals surface area contributed by atoms with Gasteiger partial charge in [0.1, 0.15) is 11.5 Å². The highest BCUT2D eigenvalue weighted by atomic mass is 16.6. The van der Waals surface area contributed by atoms with Gasteiger partial charge in [-0.25, -0.2) is 0 Å². The maximum atomic E-state index is 6.19. The quantitative estimate of drug-likeness (QED) is 0.368. The van der Waals surface area contributed by atoms with Gasteiger partial charge in [0.05, 0.1) is 31.3 Å². The van der Waals surface area contributed by atoms with E-state index in [0.29, 0.717) is 0 Å². The topological polar surface area (TPSA) is 31.0 Å². The second-order valence-corrected chi connectivity index (χ2v) is 8.29. The molecule has 0 amide bonds. The molecule has 0 aromatic rings. The minimum Gasteiger partial charge on any atom is -0.500 e. The molecule has 3 nitrogen and oxygen atoms in total. The number of allylic oxidation sites excluding steroid dienone is 6. The molecule has 0 spiro atoms. The van der Waals surface area contributed by atoms with Gasteiger partial charge in [0.25, 0.3) is 0 Å². The van der Waals surface area contributed by atoms with E-state index in [1.807, 2.05) is 0 Å². The van der Waals surface area contributed by atoms with Gasteiger partial charge in [0.15, 0.2) is 0 Å². The van der Waals surface area contributed by atoms with Crippen LogP contribution in [0.2, 0.25) is 0 Å². The Balaban J connectivity index is 2.22. The van der Waals surface area contributed by atoms with Gasteiger partial charge in [0.2, 0.25) is 0 Å². The maximum absolute atomic E-state index is 6.19. The van der Waals surface area contributed by atoms with Crippen LogP contribution >= 0.6 is 0 Å². The van der Waals surface area contributed by atoms with E-state index in [9.17, 15) is 0 Å². The van der Waals surface area contributed by atoms with Crippen molar-refractivity contribution in [3.8, 4) is 0 Å². The van der Waals surface area contributed by atoms with E-state index in [1.165, 1.54) is 11.1 Å². The lowest BCUT2D eigenvalue weighted by Crippen LogP contribution is -2.32. The van der Waals surface area contributed by atoms with E-state index in [4.69, 9.17) is 14.2 Å². The van der Waals surface area contributed by atoms with E-state index in [1.54, 1.807) is 14.2 Å². The zero-order valence-electron chi connectivity index (χ0n) is 17.6. The minimum absolute atomic E-state index is 0.0426. The number of ether oxygens (including phenoxy) is 3. The van der Waals surface area contributed by atoms with Crippen LogP contribution in [0.1, 0.15) is 66.7 Å². The lowest BCUT2D eigenvalue weighted by molar-refractivity contribution is 0.106. The first-order valence-electron chi connectivity index (χ1n) is 9.71. The first kappa shape index (κ1) is 20.8. The summed E-state index contributed by atoms with van der Waals surface area (Å²) in [6.07, 6.45) is 13.9. The molecule has 0 bridgehead atoms. The third-order valence-corrected chi connectivity index (χ3v) is 5.61. The smallest absolute Gasteiger partial charge is 0.106 e. The molecule has 1 heterocycles. The molecule has 0 saturated carbocycles. The van der Waals surface area contributed by atoms with Crippen molar-refractivity contribution in [1.82, 2.24) is 0 Å². The molecule has 1 aliphatic heterocycles. The van der Waals surface area contributed by atoms with Crippen molar-refractivity contribution in [3.05, 3.63) is 47.0 Å². The summed E-state index contributed by atoms with van der Waals surface area (Å²) >= 11 is 0. The fraction of sp³-hybridized carbons (Fsp3) is 0.652. The highest BCUT2D eigenvalue weighted by Crippen LogP contribution is 2.54. The van der Waals surface area contributed by atoms with E-state index >= 15 is 0 Å². The fourth-order valence-electron chi connectivity index (χ4n) is 3.94. The lowest BCUT2D eigenvalue weighted by Gasteiger charge is -2.37. The average Bonchev–Trinajstić information content (AvgIpc) is 3.21. The molecular formula is C23H36O3. The van der Waals surface area contributed by atoms with Crippen LogP contribution in [0.25, 0.3) is 0 Å². The van der Waals surface area contributed by atoms with Crippen molar-refractivity contribution in [1.29, 1.82) is 0 Å². The van der Waals surface area contributed by atoms with Gasteiger partial charge in [-0.1, -0.05) is 23.3 Å². The summed E-state index contributed by atoms with van der Waals surface area (Å²) in [4.78, 5) is 0. The zero-order valence-corrected chi connectivity index (χ0v) is 17.6. The average molecular weight is 361 g/mol. The van der Waals surface area contributed by atoms with Crippen molar-refractivity contribution >= 4 is 0 Å². The predicted octanol–water partition coefficient (Wildman–Crippen LogP) is 6.09. The van der Waals surface area contributed by atoms with Crippen LogP contribution in [0, 0.1) is 5.41 Å². The number of rotatable bonds is 9. The van der Waals surface area contributed by atoms with E-state index < -0.39 is 0 Å². The van der Waals surface area contributed by atoms with Crippen LogP contribution in [-0.2, 0) is 14.2 Å². The Bertz CT molecular complexity index is 595. The molecule has 1 unspecified atom stereocenters. The highest BCUT2D eigenvalue weighted by molar-refractivity contribution is 5.31. The van der Waals surface area contributed by atoms with Gasteiger partial charge in [-0.15, -0.1) is 0 Å². The fourth-order valence-corrected chi connectivity index (χ4v) is 3.94. The molecule has 0 radical (unpaired) electrons. The Labute approximate surface area is 159 Å². The van der Waals surface area contributed by atoms with Gasteiger partial charge in [-0.05, 0) is 78.9 Å². The second-order valence-electron chi connectivity index (χ2n) is 8.29. The third kappa shape index (κ3) is 4.62. The molecule has 0 aromatic carbocycles. The molecule has 3 heteroatoms. The summed E-state index contributed by atoms with van der Waals surface area (Å²) in [5.74, 6) is 2.02. The Hall–Kier alpha value is -1.48. The second kappa shape index (κ2) is 8.47. The van der Waals surface area contributed by atoms with Crippen molar-refractivity contribution in [2.24, 2.45) is 5.41 Å². The van der Waals surface area contributed by atoms with Crippen molar-refractivity contribution in [2.45, 2.75) is 78.4 Å². The van der Waals surface area contributed by atoms with Gasteiger partial charge in [0, 0.05) is 0 Å². The van der Waals surface area contributed by atoms with Crippen LogP contribution in [-0.4, -0.2) is 25.9 Å². The normalized spacial score (nSPS) is 26.3. The monoisotopic (exact) mass is 360 g/mol. The Morgan fingerprint density at radius 3 is 2.15 bits per heavy atom. The molecule has 2 rings (SSSR count). The molecule has 26 heavy (non-hydrogen) atoms. The standard InChI is InChI=1S/C23H36O3/c1-17(2)10-9-14-22(5)21(26-22)16-23(15-13-18(3)4)19(24-6)11-8-12-20(23)25-7/h10-13,21H,8-9,14-16H2,1-7H3/t21?,22-/m0/s1. The van der Waals surface area contributed by atoms with Gasteiger partial charge < -0.3 is 14.2 Å². The Kier molecular flexibility index (Phi) is 6.79. The number of epoxide rings is 1. The van der Waals surface area contributed by atoms with Crippen LogP contribution in [0.15, 0.2) is 47.0 Å². The van der Waals surface area contributed by atoms with Gasteiger partial charge in [-0.2, -0.15) is 0 Å². The van der Waals surface area contributed by atoms with Crippen LogP contribution < -0.4 is 0 Å². The summed E-state index contributed by atoms with van der Waals surface area (Å²) in [6.45, 7) is 10.8. The van der Waals surface area contributed by atoms with Crippen LogP contribution in [0.3, 0.4) is 0 Å². The molecule has 1 fully saturated rings. The van der Waals surface area contributed by atoms with Crippen molar-refractivity contribution in [2.75, 3.05) is 14.2 Å². The summed E-state index contributed by atoms with van der Waals surface area (Å²) in [7, 11) is 3.53. The maximum Gasteiger partial charge on any atom is 0.106 e.